The Hall–Kier alpha value is -3.35. The van der Waals surface area contributed by atoms with E-state index in [-0.39, 0.29) is 39.1 Å². The first kappa shape index (κ1) is 26.3. The van der Waals surface area contributed by atoms with Gasteiger partial charge in [-0.05, 0) is 46.0 Å². The van der Waals surface area contributed by atoms with Gasteiger partial charge in [0.15, 0.2) is 0 Å². The predicted octanol–water partition coefficient (Wildman–Crippen LogP) is 3.50. The SMILES string of the molecule is C=CCOC(=O)c1sc(NC(=O)c2sc3nc(CN(C)C)[nH]c(=O)c3c2C)c(C(=O)OCC)c1C. The Bertz CT molecular complexity index is 1370. The van der Waals surface area contributed by atoms with E-state index in [1.165, 1.54) is 6.08 Å². The summed E-state index contributed by atoms with van der Waals surface area (Å²) in [6.07, 6.45) is 1.43. The summed E-state index contributed by atoms with van der Waals surface area (Å²) in [5.41, 5.74) is 0.575. The summed E-state index contributed by atoms with van der Waals surface area (Å²) < 4.78 is 10.2. The second-order valence-electron chi connectivity index (χ2n) is 7.81. The summed E-state index contributed by atoms with van der Waals surface area (Å²) >= 11 is 2.00. The number of aromatic amines is 1. The van der Waals surface area contributed by atoms with Crippen molar-refractivity contribution in [2.45, 2.75) is 27.3 Å². The fourth-order valence-electron chi connectivity index (χ4n) is 3.38. The second kappa shape index (κ2) is 10.9. The standard InChI is InChI=1S/C23H26N4O6S2/c1-7-9-33-23(31)17-12(4)15(22(30)32-8-2)21(35-17)26-19(29)16-11(3)14-18(28)24-13(10-27(5)6)25-20(14)34-16/h7H,1,8-10H2,2-6H3,(H,26,29)(H,24,25,28). The minimum absolute atomic E-state index is 0.00490. The van der Waals surface area contributed by atoms with E-state index in [2.05, 4.69) is 21.9 Å². The lowest BCUT2D eigenvalue weighted by atomic mass is 10.1. The van der Waals surface area contributed by atoms with E-state index in [0.717, 1.165) is 22.7 Å². The molecule has 3 heterocycles. The molecule has 0 saturated carbocycles. The van der Waals surface area contributed by atoms with Crippen LogP contribution in [-0.2, 0) is 16.0 Å². The zero-order chi connectivity index (χ0) is 25.9. The second-order valence-corrected chi connectivity index (χ2v) is 9.83. The fourth-order valence-corrected chi connectivity index (χ4v) is 5.56. The molecule has 3 aromatic heterocycles. The molecule has 0 saturated heterocycles. The highest BCUT2D eigenvalue weighted by Crippen LogP contribution is 2.36. The van der Waals surface area contributed by atoms with Crippen molar-refractivity contribution in [2.75, 3.05) is 32.6 Å². The highest BCUT2D eigenvalue weighted by molar-refractivity contribution is 7.21. The number of hydrogen-bond donors (Lipinski definition) is 2. The number of carbonyl (C=O) groups is 3. The molecule has 3 aromatic rings. The van der Waals surface area contributed by atoms with Crippen LogP contribution in [0.4, 0.5) is 5.00 Å². The molecule has 186 valence electrons. The van der Waals surface area contributed by atoms with Gasteiger partial charge in [-0.15, -0.1) is 22.7 Å². The number of esters is 2. The van der Waals surface area contributed by atoms with E-state index in [9.17, 15) is 19.2 Å². The number of ether oxygens (including phenoxy) is 2. The predicted molar refractivity (Wildman–Crippen MR) is 136 cm³/mol. The quantitative estimate of drug-likeness (QED) is 0.325. The molecule has 0 aliphatic rings. The highest BCUT2D eigenvalue weighted by atomic mass is 32.1. The van der Waals surface area contributed by atoms with Crippen molar-refractivity contribution in [2.24, 2.45) is 0 Å². The lowest BCUT2D eigenvalue weighted by molar-refractivity contribution is 0.0527. The van der Waals surface area contributed by atoms with Crippen molar-refractivity contribution < 1.29 is 23.9 Å². The normalized spacial score (nSPS) is 11.0. The number of fused-ring (bicyclic) bond motifs is 1. The number of hydrogen-bond acceptors (Lipinski definition) is 10. The lowest BCUT2D eigenvalue weighted by Crippen LogP contribution is -2.18. The van der Waals surface area contributed by atoms with E-state index in [1.807, 2.05) is 19.0 Å². The van der Waals surface area contributed by atoms with Crippen molar-refractivity contribution in [1.29, 1.82) is 0 Å². The molecular weight excluding hydrogens is 492 g/mol. The van der Waals surface area contributed by atoms with Crippen LogP contribution in [0.15, 0.2) is 17.4 Å². The Labute approximate surface area is 209 Å². The number of anilines is 1. The number of nitrogens with zero attached hydrogens (tertiary/aromatic N) is 2. The number of thiophene rings is 2. The maximum atomic E-state index is 13.2. The van der Waals surface area contributed by atoms with Gasteiger partial charge >= 0.3 is 11.9 Å². The minimum atomic E-state index is -0.668. The van der Waals surface area contributed by atoms with E-state index in [0.29, 0.717) is 33.7 Å². The molecule has 0 aliphatic carbocycles. The Morgan fingerprint density at radius 3 is 2.46 bits per heavy atom. The average molecular weight is 519 g/mol. The molecule has 0 radical (unpaired) electrons. The van der Waals surface area contributed by atoms with Gasteiger partial charge in [0.1, 0.15) is 27.1 Å². The average Bonchev–Trinajstić information content (AvgIpc) is 3.28. The van der Waals surface area contributed by atoms with Crippen molar-refractivity contribution in [1.82, 2.24) is 14.9 Å². The largest absolute Gasteiger partial charge is 0.462 e. The molecule has 12 heteroatoms. The molecule has 10 nitrogen and oxygen atoms in total. The molecule has 0 aromatic carbocycles. The maximum absolute atomic E-state index is 13.2. The van der Waals surface area contributed by atoms with Crippen LogP contribution in [0.25, 0.3) is 10.2 Å². The number of nitrogens with one attached hydrogen (secondary N) is 2. The fraction of sp³-hybridized carbons (Fsp3) is 0.348. The van der Waals surface area contributed by atoms with Gasteiger partial charge in [-0.1, -0.05) is 12.7 Å². The lowest BCUT2D eigenvalue weighted by Gasteiger charge is -2.07. The minimum Gasteiger partial charge on any atom is -0.462 e. The number of carbonyl (C=O) groups excluding carboxylic acids is 3. The first-order chi connectivity index (χ1) is 16.6. The number of aromatic nitrogens is 2. The van der Waals surface area contributed by atoms with Crippen LogP contribution in [0.2, 0.25) is 0 Å². The third kappa shape index (κ3) is 5.50. The van der Waals surface area contributed by atoms with Crippen LogP contribution in [-0.4, -0.2) is 60.0 Å². The number of aryl methyl sites for hydroxylation is 1. The van der Waals surface area contributed by atoms with Gasteiger partial charge < -0.3 is 24.7 Å². The summed E-state index contributed by atoms with van der Waals surface area (Å²) in [6.45, 7) is 8.99. The summed E-state index contributed by atoms with van der Waals surface area (Å²) in [6, 6.07) is 0. The van der Waals surface area contributed by atoms with Gasteiger partial charge in [-0.3, -0.25) is 9.59 Å². The summed E-state index contributed by atoms with van der Waals surface area (Å²) in [7, 11) is 3.71. The zero-order valence-electron chi connectivity index (χ0n) is 20.1. The molecule has 0 spiro atoms. The number of amides is 1. The molecule has 0 bridgehead atoms. The zero-order valence-corrected chi connectivity index (χ0v) is 21.7. The molecule has 0 aliphatic heterocycles. The van der Waals surface area contributed by atoms with Crippen molar-refractivity contribution in [3.8, 4) is 0 Å². The van der Waals surface area contributed by atoms with Crippen LogP contribution < -0.4 is 10.9 Å². The molecule has 2 N–H and O–H groups in total. The Kier molecular flexibility index (Phi) is 8.20. The first-order valence-corrected chi connectivity index (χ1v) is 12.3. The third-order valence-electron chi connectivity index (χ3n) is 4.89. The smallest absolute Gasteiger partial charge is 0.348 e. The topological polar surface area (TPSA) is 131 Å². The van der Waals surface area contributed by atoms with E-state index in [1.54, 1.807) is 20.8 Å². The van der Waals surface area contributed by atoms with E-state index in [4.69, 9.17) is 9.47 Å². The van der Waals surface area contributed by atoms with E-state index >= 15 is 0 Å². The highest BCUT2D eigenvalue weighted by Gasteiger charge is 2.28. The van der Waals surface area contributed by atoms with Crippen molar-refractivity contribution >= 4 is 55.7 Å². The van der Waals surface area contributed by atoms with Crippen molar-refractivity contribution in [3.05, 3.63) is 55.3 Å². The summed E-state index contributed by atoms with van der Waals surface area (Å²) in [5, 5.41) is 3.21. The monoisotopic (exact) mass is 518 g/mol. The van der Waals surface area contributed by atoms with Gasteiger partial charge in [-0.2, -0.15) is 0 Å². The first-order valence-electron chi connectivity index (χ1n) is 10.7. The molecule has 1 amide bonds. The van der Waals surface area contributed by atoms with Gasteiger partial charge in [-0.25, -0.2) is 14.6 Å². The molecular formula is C23H26N4O6S2. The molecule has 0 fully saturated rings. The molecule has 0 atom stereocenters. The van der Waals surface area contributed by atoms with Crippen LogP contribution >= 0.6 is 22.7 Å². The summed E-state index contributed by atoms with van der Waals surface area (Å²) in [4.78, 5) is 61.0. The molecule has 35 heavy (non-hydrogen) atoms. The van der Waals surface area contributed by atoms with Crippen LogP contribution in [0.3, 0.4) is 0 Å². The molecule has 0 unspecified atom stereocenters. The van der Waals surface area contributed by atoms with Crippen molar-refractivity contribution in [3.63, 3.8) is 0 Å². The van der Waals surface area contributed by atoms with Gasteiger partial charge in [0.2, 0.25) is 0 Å². The van der Waals surface area contributed by atoms with Gasteiger partial charge in [0.25, 0.3) is 11.5 Å². The maximum Gasteiger partial charge on any atom is 0.348 e. The number of rotatable bonds is 9. The summed E-state index contributed by atoms with van der Waals surface area (Å²) in [5.74, 6) is -1.35. The number of H-pyrrole nitrogens is 1. The Balaban J connectivity index is 2.02. The van der Waals surface area contributed by atoms with Crippen LogP contribution in [0.5, 0.6) is 0 Å². The Morgan fingerprint density at radius 1 is 1.11 bits per heavy atom. The van der Waals surface area contributed by atoms with E-state index < -0.39 is 17.8 Å². The van der Waals surface area contributed by atoms with Gasteiger partial charge in [0, 0.05) is 0 Å². The Morgan fingerprint density at radius 2 is 1.83 bits per heavy atom. The van der Waals surface area contributed by atoms with Crippen LogP contribution in [0, 0.1) is 13.8 Å². The molecule has 3 rings (SSSR count). The van der Waals surface area contributed by atoms with Gasteiger partial charge in [0.05, 0.1) is 29.0 Å². The van der Waals surface area contributed by atoms with Crippen LogP contribution in [0.1, 0.15) is 53.6 Å². The third-order valence-corrected chi connectivity index (χ3v) is 7.26.